The van der Waals surface area contributed by atoms with Gasteiger partial charge in [0.2, 0.25) is 0 Å². The highest BCUT2D eigenvalue weighted by molar-refractivity contribution is 5.20. The van der Waals surface area contributed by atoms with Gasteiger partial charge in [-0.05, 0) is 38.9 Å². The zero-order valence-corrected chi connectivity index (χ0v) is 13.4. The summed E-state index contributed by atoms with van der Waals surface area (Å²) in [7, 11) is 0. The Morgan fingerprint density at radius 1 is 1.30 bits per heavy atom. The quantitative estimate of drug-likeness (QED) is 0.919. The summed E-state index contributed by atoms with van der Waals surface area (Å²) in [6.45, 7) is 5.20. The third-order valence-electron chi connectivity index (χ3n) is 4.63. The van der Waals surface area contributed by atoms with Gasteiger partial charge in [-0.25, -0.2) is 4.39 Å². The minimum Gasteiger partial charge on any atom is -0.387 e. The van der Waals surface area contributed by atoms with Crippen molar-refractivity contribution in [3.8, 4) is 0 Å². The van der Waals surface area contributed by atoms with E-state index in [1.807, 2.05) is 0 Å². The predicted molar refractivity (Wildman–Crippen MR) is 85.5 cm³/mol. The molecule has 3 rings (SSSR count). The molecule has 1 aromatic heterocycles. The molecular weight excluding hydrogens is 295 g/mol. The van der Waals surface area contributed by atoms with Crippen LogP contribution in [0.3, 0.4) is 0 Å². The molecule has 1 N–H and O–H groups in total. The number of benzene rings is 1. The van der Waals surface area contributed by atoms with Crippen LogP contribution in [-0.4, -0.2) is 44.4 Å². The molecule has 2 aromatic rings. The summed E-state index contributed by atoms with van der Waals surface area (Å²) in [6.07, 6.45) is 2.97. The lowest BCUT2D eigenvalue weighted by atomic mass is 9.95. The first-order valence-corrected chi connectivity index (χ1v) is 8.21. The number of piperidine rings is 1. The van der Waals surface area contributed by atoms with Crippen LogP contribution in [-0.2, 0) is 6.54 Å². The molecular formula is C17H23FN4O. The highest BCUT2D eigenvalue weighted by atomic mass is 19.1. The van der Waals surface area contributed by atoms with Crippen molar-refractivity contribution in [3.05, 3.63) is 47.8 Å². The number of halogens is 1. The first-order valence-electron chi connectivity index (χ1n) is 8.21. The van der Waals surface area contributed by atoms with E-state index in [0.717, 1.165) is 38.3 Å². The van der Waals surface area contributed by atoms with Gasteiger partial charge in [-0.2, -0.15) is 0 Å². The average molecular weight is 318 g/mol. The molecule has 1 atom stereocenters. The third-order valence-corrected chi connectivity index (χ3v) is 4.63. The van der Waals surface area contributed by atoms with Crippen LogP contribution in [0.2, 0.25) is 0 Å². The Bertz CT molecular complexity index is 637. The van der Waals surface area contributed by atoms with E-state index in [2.05, 4.69) is 26.6 Å². The summed E-state index contributed by atoms with van der Waals surface area (Å²) in [5.74, 6) is 1.13. The fraction of sp³-hybridized carbons (Fsp3) is 0.529. The van der Waals surface area contributed by atoms with Crippen molar-refractivity contribution in [1.29, 1.82) is 0 Å². The Morgan fingerprint density at radius 3 is 2.74 bits per heavy atom. The number of β-amino-alcohol motifs (C(OH)–C–C–N with tert-alkyl or cyclic N) is 1. The molecule has 124 valence electrons. The molecule has 0 amide bonds. The Labute approximate surface area is 135 Å². The molecule has 23 heavy (non-hydrogen) atoms. The Hall–Kier alpha value is -1.79. The van der Waals surface area contributed by atoms with E-state index in [1.54, 1.807) is 24.5 Å². The number of hydrogen-bond acceptors (Lipinski definition) is 4. The first kappa shape index (κ1) is 16.1. The second-order valence-electron chi connectivity index (χ2n) is 6.09. The molecule has 0 bridgehead atoms. The highest BCUT2D eigenvalue weighted by Crippen LogP contribution is 2.28. The van der Waals surface area contributed by atoms with Crippen molar-refractivity contribution < 1.29 is 9.50 Å². The van der Waals surface area contributed by atoms with Crippen LogP contribution in [0.4, 0.5) is 4.39 Å². The molecule has 0 radical (unpaired) electrons. The number of hydrogen-bond donors (Lipinski definition) is 1. The van der Waals surface area contributed by atoms with E-state index in [0.29, 0.717) is 18.0 Å². The normalized spacial score (nSPS) is 18.2. The third kappa shape index (κ3) is 3.59. The summed E-state index contributed by atoms with van der Waals surface area (Å²) in [6, 6.07) is 6.44. The molecule has 1 unspecified atom stereocenters. The number of likely N-dealkylation sites (tertiary alicyclic amines) is 1. The Morgan fingerprint density at radius 2 is 2.04 bits per heavy atom. The number of rotatable bonds is 5. The van der Waals surface area contributed by atoms with E-state index in [4.69, 9.17) is 0 Å². The van der Waals surface area contributed by atoms with Gasteiger partial charge in [-0.15, -0.1) is 10.2 Å². The summed E-state index contributed by atoms with van der Waals surface area (Å²) in [5, 5.41) is 18.5. The van der Waals surface area contributed by atoms with Crippen molar-refractivity contribution in [3.63, 3.8) is 0 Å². The van der Waals surface area contributed by atoms with E-state index in [-0.39, 0.29) is 5.82 Å². The van der Waals surface area contributed by atoms with Crippen LogP contribution < -0.4 is 0 Å². The Kier molecular flexibility index (Phi) is 5.03. The number of aromatic nitrogens is 3. The van der Waals surface area contributed by atoms with Crippen LogP contribution in [0, 0.1) is 5.82 Å². The van der Waals surface area contributed by atoms with E-state index >= 15 is 0 Å². The zero-order chi connectivity index (χ0) is 16.2. The lowest BCUT2D eigenvalue weighted by Crippen LogP contribution is -2.36. The predicted octanol–water partition coefficient (Wildman–Crippen LogP) is 2.35. The molecule has 2 heterocycles. The first-order chi connectivity index (χ1) is 11.2. The number of aliphatic hydroxyl groups is 1. The van der Waals surface area contributed by atoms with Gasteiger partial charge in [-0.3, -0.25) is 0 Å². The van der Waals surface area contributed by atoms with Crippen LogP contribution in [0.1, 0.15) is 43.2 Å². The van der Waals surface area contributed by atoms with Gasteiger partial charge in [0, 0.05) is 24.6 Å². The largest absolute Gasteiger partial charge is 0.387 e. The minimum atomic E-state index is -0.785. The molecule has 1 saturated heterocycles. The topological polar surface area (TPSA) is 54.2 Å². The van der Waals surface area contributed by atoms with Crippen molar-refractivity contribution in [2.24, 2.45) is 0 Å². The summed E-state index contributed by atoms with van der Waals surface area (Å²) in [4.78, 5) is 2.19. The van der Waals surface area contributed by atoms with E-state index < -0.39 is 6.10 Å². The van der Waals surface area contributed by atoms with E-state index in [9.17, 15) is 9.50 Å². The summed E-state index contributed by atoms with van der Waals surface area (Å²) >= 11 is 0. The molecule has 0 saturated carbocycles. The zero-order valence-electron chi connectivity index (χ0n) is 13.4. The van der Waals surface area contributed by atoms with Crippen LogP contribution in [0.25, 0.3) is 0 Å². The number of nitrogens with zero attached hydrogens (tertiary/aromatic N) is 4. The summed E-state index contributed by atoms with van der Waals surface area (Å²) in [5.41, 5.74) is 0.375. The molecule has 0 aliphatic carbocycles. The maximum atomic E-state index is 13.7. The van der Waals surface area contributed by atoms with Gasteiger partial charge in [0.25, 0.3) is 0 Å². The SMILES string of the molecule is CCn1cnnc1C1CCN(CC(O)c2ccccc2F)CC1. The standard InChI is InChI=1S/C17H23FN4O/c1-2-22-12-19-20-17(22)13-7-9-21(10-8-13)11-16(23)14-5-3-4-6-15(14)18/h3-6,12-13,16,23H,2,7-11H2,1H3. The number of aliphatic hydroxyl groups excluding tert-OH is 1. The molecule has 0 spiro atoms. The maximum absolute atomic E-state index is 13.7. The van der Waals surface area contributed by atoms with Crippen molar-refractivity contribution in [1.82, 2.24) is 19.7 Å². The lowest BCUT2D eigenvalue weighted by Gasteiger charge is -2.32. The Balaban J connectivity index is 1.56. The fourth-order valence-electron chi connectivity index (χ4n) is 3.29. The fourth-order valence-corrected chi connectivity index (χ4v) is 3.29. The van der Waals surface area contributed by atoms with Gasteiger partial charge < -0.3 is 14.6 Å². The molecule has 1 aliphatic rings. The molecule has 1 aromatic carbocycles. The second kappa shape index (κ2) is 7.19. The molecule has 1 aliphatic heterocycles. The second-order valence-corrected chi connectivity index (χ2v) is 6.09. The van der Waals surface area contributed by atoms with Gasteiger partial charge in [0.1, 0.15) is 18.0 Å². The van der Waals surface area contributed by atoms with Gasteiger partial charge in [0.15, 0.2) is 0 Å². The maximum Gasteiger partial charge on any atom is 0.135 e. The van der Waals surface area contributed by atoms with E-state index in [1.165, 1.54) is 6.07 Å². The van der Waals surface area contributed by atoms with Gasteiger partial charge in [0.05, 0.1) is 6.10 Å². The van der Waals surface area contributed by atoms with Crippen molar-refractivity contribution >= 4 is 0 Å². The molecule has 6 heteroatoms. The van der Waals surface area contributed by atoms with Gasteiger partial charge in [-0.1, -0.05) is 18.2 Å². The number of aryl methyl sites for hydroxylation is 1. The average Bonchev–Trinajstić information content (AvgIpc) is 3.04. The highest BCUT2D eigenvalue weighted by Gasteiger charge is 2.26. The molecule has 5 nitrogen and oxygen atoms in total. The van der Waals surface area contributed by atoms with Crippen molar-refractivity contribution in [2.45, 2.75) is 38.3 Å². The van der Waals surface area contributed by atoms with Crippen molar-refractivity contribution in [2.75, 3.05) is 19.6 Å². The van der Waals surface area contributed by atoms with Crippen LogP contribution >= 0.6 is 0 Å². The van der Waals surface area contributed by atoms with Crippen LogP contribution in [0.15, 0.2) is 30.6 Å². The monoisotopic (exact) mass is 318 g/mol. The molecule has 1 fully saturated rings. The minimum absolute atomic E-state index is 0.342. The lowest BCUT2D eigenvalue weighted by molar-refractivity contribution is 0.0938. The van der Waals surface area contributed by atoms with Gasteiger partial charge >= 0.3 is 0 Å². The van der Waals surface area contributed by atoms with Crippen LogP contribution in [0.5, 0.6) is 0 Å². The smallest absolute Gasteiger partial charge is 0.135 e. The summed E-state index contributed by atoms with van der Waals surface area (Å²) < 4.78 is 15.8.